The monoisotopic (exact) mass is 271 g/mol. The number of ether oxygens (including phenoxy) is 1. The Bertz CT molecular complexity index is 582. The molecule has 0 aliphatic heterocycles. The highest BCUT2D eigenvalue weighted by molar-refractivity contribution is 5.92. The highest BCUT2D eigenvalue weighted by Crippen LogP contribution is 2.11. The molecule has 2 aromatic rings. The molecule has 0 aliphatic rings. The van der Waals surface area contributed by atoms with Crippen molar-refractivity contribution < 1.29 is 9.53 Å². The Labute approximate surface area is 117 Å². The second-order valence-corrected chi connectivity index (χ2v) is 4.33. The van der Waals surface area contributed by atoms with Crippen LogP contribution >= 0.6 is 0 Å². The Morgan fingerprint density at radius 3 is 2.70 bits per heavy atom. The summed E-state index contributed by atoms with van der Waals surface area (Å²) in [6.07, 6.45) is 2.27. The fourth-order valence-corrected chi connectivity index (χ4v) is 1.77. The van der Waals surface area contributed by atoms with Gasteiger partial charge in [0.2, 0.25) is 0 Å². The molecule has 0 radical (unpaired) electrons. The molecular formula is C15H17N3O2. The molecule has 0 unspecified atom stereocenters. The molecule has 0 fully saturated rings. The summed E-state index contributed by atoms with van der Waals surface area (Å²) < 4.78 is 5.09. The van der Waals surface area contributed by atoms with Gasteiger partial charge in [-0.25, -0.2) is 0 Å². The summed E-state index contributed by atoms with van der Waals surface area (Å²) in [4.78, 5) is 15.8. The number of pyridine rings is 1. The van der Waals surface area contributed by atoms with Gasteiger partial charge in [-0.15, -0.1) is 0 Å². The molecule has 5 heteroatoms. The molecule has 104 valence electrons. The van der Waals surface area contributed by atoms with Gasteiger partial charge in [0, 0.05) is 18.4 Å². The minimum atomic E-state index is -0.217. The SMILES string of the molecule is COc1ccc(CCNC(=O)c2cc(N)ccn2)cc1. The molecule has 3 N–H and O–H groups in total. The van der Waals surface area contributed by atoms with E-state index >= 15 is 0 Å². The molecule has 1 aromatic heterocycles. The summed E-state index contributed by atoms with van der Waals surface area (Å²) >= 11 is 0. The first-order valence-electron chi connectivity index (χ1n) is 6.31. The van der Waals surface area contributed by atoms with Crippen LogP contribution in [0.15, 0.2) is 42.6 Å². The van der Waals surface area contributed by atoms with Crippen molar-refractivity contribution in [2.24, 2.45) is 0 Å². The Hall–Kier alpha value is -2.56. The van der Waals surface area contributed by atoms with Crippen LogP contribution in [0.5, 0.6) is 5.75 Å². The summed E-state index contributed by atoms with van der Waals surface area (Å²) in [7, 11) is 1.63. The zero-order valence-electron chi connectivity index (χ0n) is 11.3. The molecule has 0 saturated heterocycles. The van der Waals surface area contributed by atoms with Crippen LogP contribution in [0, 0.1) is 0 Å². The second kappa shape index (κ2) is 6.56. The van der Waals surface area contributed by atoms with Gasteiger partial charge in [0.15, 0.2) is 0 Å². The van der Waals surface area contributed by atoms with E-state index in [9.17, 15) is 4.79 Å². The quantitative estimate of drug-likeness (QED) is 0.866. The summed E-state index contributed by atoms with van der Waals surface area (Å²) in [5.41, 5.74) is 7.60. The molecule has 0 aliphatic carbocycles. The van der Waals surface area contributed by atoms with Gasteiger partial charge in [-0.05, 0) is 36.2 Å². The molecule has 0 atom stereocenters. The van der Waals surface area contributed by atoms with Crippen molar-refractivity contribution in [2.75, 3.05) is 19.4 Å². The van der Waals surface area contributed by atoms with E-state index in [4.69, 9.17) is 10.5 Å². The van der Waals surface area contributed by atoms with E-state index in [0.717, 1.165) is 17.7 Å². The predicted molar refractivity (Wildman–Crippen MR) is 77.7 cm³/mol. The van der Waals surface area contributed by atoms with Crippen molar-refractivity contribution in [2.45, 2.75) is 6.42 Å². The first kappa shape index (κ1) is 13.9. The Morgan fingerprint density at radius 1 is 1.30 bits per heavy atom. The minimum Gasteiger partial charge on any atom is -0.497 e. The summed E-state index contributed by atoms with van der Waals surface area (Å²) in [5, 5.41) is 2.82. The lowest BCUT2D eigenvalue weighted by molar-refractivity contribution is 0.0949. The van der Waals surface area contributed by atoms with Crippen LogP contribution in [0.4, 0.5) is 5.69 Å². The van der Waals surface area contributed by atoms with Crippen LogP contribution in [0.25, 0.3) is 0 Å². The largest absolute Gasteiger partial charge is 0.497 e. The zero-order valence-corrected chi connectivity index (χ0v) is 11.3. The van der Waals surface area contributed by atoms with Gasteiger partial charge in [0.1, 0.15) is 11.4 Å². The average molecular weight is 271 g/mol. The van der Waals surface area contributed by atoms with E-state index in [1.165, 1.54) is 6.20 Å². The zero-order chi connectivity index (χ0) is 14.4. The summed E-state index contributed by atoms with van der Waals surface area (Å²) in [6, 6.07) is 11.0. The Balaban J connectivity index is 1.84. The standard InChI is InChI=1S/C15H17N3O2/c1-20-13-4-2-11(3-5-13)6-8-18-15(19)14-10-12(16)7-9-17-14/h2-5,7,9-10H,6,8H2,1H3,(H2,16,17)(H,18,19). The number of nitrogen functional groups attached to an aromatic ring is 1. The van der Waals surface area contributed by atoms with E-state index in [1.54, 1.807) is 19.2 Å². The van der Waals surface area contributed by atoms with Crippen molar-refractivity contribution in [3.05, 3.63) is 53.9 Å². The number of nitrogens with zero attached hydrogens (tertiary/aromatic N) is 1. The third-order valence-electron chi connectivity index (χ3n) is 2.87. The number of hydrogen-bond acceptors (Lipinski definition) is 4. The molecule has 2 rings (SSSR count). The fourth-order valence-electron chi connectivity index (χ4n) is 1.77. The number of anilines is 1. The van der Waals surface area contributed by atoms with Gasteiger partial charge in [-0.3, -0.25) is 9.78 Å². The van der Waals surface area contributed by atoms with Crippen molar-refractivity contribution >= 4 is 11.6 Å². The van der Waals surface area contributed by atoms with E-state index in [-0.39, 0.29) is 5.91 Å². The number of aromatic nitrogens is 1. The number of nitrogens with one attached hydrogen (secondary N) is 1. The van der Waals surface area contributed by atoms with E-state index in [0.29, 0.717) is 17.9 Å². The van der Waals surface area contributed by atoms with Crippen LogP contribution in [0.2, 0.25) is 0 Å². The van der Waals surface area contributed by atoms with Crippen molar-refractivity contribution in [1.82, 2.24) is 10.3 Å². The molecule has 1 aromatic carbocycles. The number of benzene rings is 1. The highest BCUT2D eigenvalue weighted by atomic mass is 16.5. The van der Waals surface area contributed by atoms with E-state index in [2.05, 4.69) is 10.3 Å². The smallest absolute Gasteiger partial charge is 0.269 e. The maximum absolute atomic E-state index is 11.8. The Morgan fingerprint density at radius 2 is 2.05 bits per heavy atom. The molecular weight excluding hydrogens is 254 g/mol. The van der Waals surface area contributed by atoms with Gasteiger partial charge in [0.25, 0.3) is 5.91 Å². The normalized spacial score (nSPS) is 10.1. The van der Waals surface area contributed by atoms with Crippen LogP contribution in [-0.4, -0.2) is 24.5 Å². The molecule has 5 nitrogen and oxygen atoms in total. The van der Waals surface area contributed by atoms with Crippen molar-refractivity contribution in [3.8, 4) is 5.75 Å². The topological polar surface area (TPSA) is 77.2 Å². The molecule has 20 heavy (non-hydrogen) atoms. The van der Waals surface area contributed by atoms with Crippen LogP contribution in [0.1, 0.15) is 16.1 Å². The van der Waals surface area contributed by atoms with Crippen LogP contribution < -0.4 is 15.8 Å². The Kier molecular flexibility index (Phi) is 4.55. The number of hydrogen-bond donors (Lipinski definition) is 2. The lowest BCUT2D eigenvalue weighted by Crippen LogP contribution is -2.26. The molecule has 1 amide bonds. The molecule has 1 heterocycles. The lowest BCUT2D eigenvalue weighted by atomic mass is 10.1. The van der Waals surface area contributed by atoms with E-state index < -0.39 is 0 Å². The summed E-state index contributed by atoms with van der Waals surface area (Å²) in [6.45, 7) is 0.543. The first-order chi connectivity index (χ1) is 9.69. The molecule has 0 bridgehead atoms. The summed E-state index contributed by atoms with van der Waals surface area (Å²) in [5.74, 6) is 0.604. The minimum absolute atomic E-state index is 0.217. The van der Waals surface area contributed by atoms with Gasteiger partial charge in [-0.2, -0.15) is 0 Å². The molecule has 0 spiro atoms. The van der Waals surface area contributed by atoms with Gasteiger partial charge in [-0.1, -0.05) is 12.1 Å². The fraction of sp³-hybridized carbons (Fsp3) is 0.200. The lowest BCUT2D eigenvalue weighted by Gasteiger charge is -2.06. The van der Waals surface area contributed by atoms with Gasteiger partial charge >= 0.3 is 0 Å². The third kappa shape index (κ3) is 3.71. The number of methoxy groups -OCH3 is 1. The highest BCUT2D eigenvalue weighted by Gasteiger charge is 2.06. The van der Waals surface area contributed by atoms with Gasteiger partial charge in [0.05, 0.1) is 7.11 Å². The van der Waals surface area contributed by atoms with Crippen molar-refractivity contribution in [3.63, 3.8) is 0 Å². The number of amides is 1. The maximum atomic E-state index is 11.8. The van der Waals surface area contributed by atoms with Crippen molar-refractivity contribution in [1.29, 1.82) is 0 Å². The van der Waals surface area contributed by atoms with Crippen LogP contribution in [-0.2, 0) is 6.42 Å². The number of carbonyl (C=O) groups is 1. The predicted octanol–water partition coefficient (Wildman–Crippen LogP) is 1.64. The average Bonchev–Trinajstić information content (AvgIpc) is 2.48. The number of rotatable bonds is 5. The second-order valence-electron chi connectivity index (χ2n) is 4.33. The first-order valence-corrected chi connectivity index (χ1v) is 6.31. The van der Waals surface area contributed by atoms with Crippen LogP contribution in [0.3, 0.4) is 0 Å². The van der Waals surface area contributed by atoms with Gasteiger partial charge < -0.3 is 15.8 Å². The molecule has 0 saturated carbocycles. The third-order valence-corrected chi connectivity index (χ3v) is 2.87. The number of carbonyl (C=O) groups excluding carboxylic acids is 1. The maximum Gasteiger partial charge on any atom is 0.269 e. The number of nitrogens with two attached hydrogens (primary N) is 1. The van der Waals surface area contributed by atoms with E-state index in [1.807, 2.05) is 24.3 Å².